The lowest BCUT2D eigenvalue weighted by molar-refractivity contribution is -0.299. The summed E-state index contributed by atoms with van der Waals surface area (Å²) < 4.78 is 31.2. The molecule has 4 aliphatic rings. The Bertz CT molecular complexity index is 1660. The molecule has 4 fully saturated rings. The molecule has 0 aromatic heterocycles. The molecule has 4 heterocycles. The zero-order valence-electron chi connectivity index (χ0n) is 35.8. The quantitative estimate of drug-likeness (QED) is 0.0724. The van der Waals surface area contributed by atoms with E-state index in [1.165, 1.54) is 0 Å². The Morgan fingerprint density at radius 1 is 0.456 bits per heavy atom. The van der Waals surface area contributed by atoms with Crippen LogP contribution < -0.4 is 37.2 Å². The molecule has 7 amide bonds. The van der Waals surface area contributed by atoms with Gasteiger partial charge in [0.1, 0.15) is 111 Å². The molecule has 0 spiro atoms. The average Bonchev–Trinajstić information content (AvgIpc) is 3.31. The number of rotatable bonds is 15. The van der Waals surface area contributed by atoms with Gasteiger partial charge in [0, 0.05) is 32.6 Å². The predicted molar refractivity (Wildman–Crippen MR) is 212 cm³/mol. The van der Waals surface area contributed by atoms with Gasteiger partial charge in [0.2, 0.25) is 41.4 Å². The van der Waals surface area contributed by atoms with Crippen LogP contribution in [0.15, 0.2) is 0 Å². The van der Waals surface area contributed by atoms with Crippen molar-refractivity contribution in [3.63, 3.8) is 0 Å². The average molecular weight is 990 g/mol. The molecule has 0 aromatic carbocycles. The van der Waals surface area contributed by atoms with Crippen molar-refractivity contribution in [2.75, 3.05) is 65.8 Å². The molecule has 19 N–H and O–H groups in total. The van der Waals surface area contributed by atoms with Gasteiger partial charge >= 0.3 is 0 Å². The molecule has 0 aromatic rings. The lowest BCUT2D eigenvalue weighted by atomic mass is 9.99. The molecule has 4 rings (SSSR count). The van der Waals surface area contributed by atoms with Crippen LogP contribution in [0.5, 0.6) is 0 Å². The number of carbonyl (C=O) groups is 7. The van der Waals surface area contributed by atoms with Crippen LogP contribution in [-0.4, -0.2) is 279 Å². The second-order valence-electron chi connectivity index (χ2n) is 15.7. The highest BCUT2D eigenvalue weighted by atomic mass is 16.7. The first-order chi connectivity index (χ1) is 32.2. The van der Waals surface area contributed by atoms with Gasteiger partial charge in [0.05, 0.1) is 19.8 Å². The summed E-state index contributed by atoms with van der Waals surface area (Å²) >= 11 is 0. The van der Waals surface area contributed by atoms with Crippen LogP contribution in [0.2, 0.25) is 0 Å². The maximum Gasteiger partial charge on any atom is 0.246 e. The van der Waals surface area contributed by atoms with Crippen molar-refractivity contribution < 1.29 is 123 Å². The van der Waals surface area contributed by atoms with Gasteiger partial charge in [-0.25, -0.2) is 0 Å². The summed E-state index contributed by atoms with van der Waals surface area (Å²) in [5.74, 6) is -7.37. The first-order valence-electron chi connectivity index (χ1n) is 20.9. The van der Waals surface area contributed by atoms with E-state index in [2.05, 4.69) is 37.2 Å². The largest absolute Gasteiger partial charge is 0.394 e. The monoisotopic (exact) mass is 989 g/mol. The third-order valence-electron chi connectivity index (χ3n) is 10.8. The lowest BCUT2D eigenvalue weighted by Gasteiger charge is -2.39. The van der Waals surface area contributed by atoms with Crippen LogP contribution in [0.25, 0.3) is 0 Å². The van der Waals surface area contributed by atoms with Crippen LogP contribution in [0.3, 0.4) is 0 Å². The number of ether oxygens (including phenoxy) is 6. The van der Waals surface area contributed by atoms with Crippen molar-refractivity contribution in [1.82, 2.24) is 37.2 Å². The highest BCUT2D eigenvalue weighted by molar-refractivity contribution is 5.93. The van der Waals surface area contributed by atoms with E-state index in [0.717, 1.165) is 0 Å². The van der Waals surface area contributed by atoms with Crippen LogP contribution in [0.1, 0.15) is 6.42 Å². The van der Waals surface area contributed by atoms with E-state index in [-0.39, 0.29) is 0 Å². The van der Waals surface area contributed by atoms with E-state index in [4.69, 9.17) is 28.4 Å². The molecule has 32 nitrogen and oxygen atoms in total. The topological polar surface area (TPSA) is 502 Å². The van der Waals surface area contributed by atoms with Crippen molar-refractivity contribution in [2.45, 2.75) is 117 Å². The standard InChI is InChI=1S/C36H59N7O25/c44-6-15-22(51)25(54)28(57)34(66-15)63-9-19(48)41-12-3-38-18(47)1-2-37-31(60)13(42-20(49)10-64-35-29(58)26(55)23(52)16(7-45)67-35)4-39-33(62)14(5-40-32(12)61)43-21(50)11-65-36-30(59)27(56)24(53)17(8-46)68-36/h12-17,22-30,34-36,44-46,51-59H,1-11H2,(H,37,60)(H,38,47)(H,39,62)(H,40,61)(H,41,48)(H,42,49)(H,43,50)/t12-,13-,14-,15+,16+,17+,22+,23+,24-,25-,26-,27-,28+,29-,30+,34+,35-,36+/m0/s1. The number of aliphatic hydroxyl groups is 12. The fourth-order valence-electron chi connectivity index (χ4n) is 6.80. The van der Waals surface area contributed by atoms with Crippen molar-refractivity contribution >= 4 is 41.4 Å². The minimum absolute atomic E-state index is 0.421. The van der Waals surface area contributed by atoms with Gasteiger partial charge in [0.15, 0.2) is 18.9 Å². The smallest absolute Gasteiger partial charge is 0.246 e. The van der Waals surface area contributed by atoms with Gasteiger partial charge < -0.3 is 127 Å². The predicted octanol–water partition coefficient (Wildman–Crippen LogP) is -14.2. The van der Waals surface area contributed by atoms with Gasteiger partial charge in [-0.3, -0.25) is 33.6 Å². The number of hydrogen-bond donors (Lipinski definition) is 19. The lowest BCUT2D eigenvalue weighted by Crippen LogP contribution is -2.61. The second kappa shape index (κ2) is 26.5. The van der Waals surface area contributed by atoms with E-state index in [1.54, 1.807) is 0 Å². The molecule has 388 valence electrons. The van der Waals surface area contributed by atoms with Crippen LogP contribution in [0.4, 0.5) is 0 Å². The van der Waals surface area contributed by atoms with Crippen LogP contribution in [0, 0.1) is 0 Å². The second-order valence-corrected chi connectivity index (χ2v) is 15.7. The summed E-state index contributed by atoms with van der Waals surface area (Å²) in [5, 5.41) is 135. The van der Waals surface area contributed by atoms with Crippen molar-refractivity contribution in [3.05, 3.63) is 0 Å². The summed E-state index contributed by atoms with van der Waals surface area (Å²) in [6, 6.07) is -5.16. The van der Waals surface area contributed by atoms with Crippen molar-refractivity contribution in [3.8, 4) is 0 Å². The molecule has 18 atom stereocenters. The maximum atomic E-state index is 13.7. The molecule has 0 saturated carbocycles. The molecule has 0 radical (unpaired) electrons. The minimum atomic E-state index is -1.93. The molecule has 4 aliphatic heterocycles. The van der Waals surface area contributed by atoms with E-state index in [1.807, 2.05) is 0 Å². The van der Waals surface area contributed by atoms with Gasteiger partial charge in [-0.15, -0.1) is 0 Å². The van der Waals surface area contributed by atoms with E-state index >= 15 is 0 Å². The Morgan fingerprint density at radius 2 is 0.750 bits per heavy atom. The number of aliphatic hydroxyl groups excluding tert-OH is 12. The number of nitrogens with one attached hydrogen (secondary N) is 7. The van der Waals surface area contributed by atoms with E-state index in [9.17, 15) is 94.8 Å². The van der Waals surface area contributed by atoms with E-state index < -0.39 is 224 Å². The maximum absolute atomic E-state index is 13.7. The Morgan fingerprint density at radius 3 is 1.06 bits per heavy atom. The van der Waals surface area contributed by atoms with Gasteiger partial charge in [0.25, 0.3) is 0 Å². The molecule has 32 heteroatoms. The summed E-state index contributed by atoms with van der Waals surface area (Å²) in [4.78, 5) is 92.4. The minimum Gasteiger partial charge on any atom is -0.394 e. The molecule has 0 unspecified atom stereocenters. The van der Waals surface area contributed by atoms with E-state index in [0.29, 0.717) is 0 Å². The molecule has 68 heavy (non-hydrogen) atoms. The molecular formula is C36H59N7O25. The normalized spacial score (nSPS) is 37.9. The van der Waals surface area contributed by atoms with Gasteiger partial charge in [-0.1, -0.05) is 0 Å². The Balaban J connectivity index is 1.48. The Hall–Kier alpha value is -4.43. The number of carbonyl (C=O) groups excluding carboxylic acids is 7. The van der Waals surface area contributed by atoms with Gasteiger partial charge in [-0.2, -0.15) is 0 Å². The third-order valence-corrected chi connectivity index (χ3v) is 10.8. The summed E-state index contributed by atoms with van der Waals surface area (Å²) in [7, 11) is 0. The van der Waals surface area contributed by atoms with Crippen molar-refractivity contribution in [1.29, 1.82) is 0 Å². The highest BCUT2D eigenvalue weighted by Gasteiger charge is 2.47. The van der Waals surface area contributed by atoms with Crippen molar-refractivity contribution in [2.24, 2.45) is 0 Å². The zero-order valence-corrected chi connectivity index (χ0v) is 35.8. The molecule has 0 aliphatic carbocycles. The summed E-state index contributed by atoms with van der Waals surface area (Å²) in [6.07, 6.45) is -26.5. The highest BCUT2D eigenvalue weighted by Crippen LogP contribution is 2.24. The van der Waals surface area contributed by atoms with Crippen LogP contribution >= 0.6 is 0 Å². The molecule has 4 saturated heterocycles. The van der Waals surface area contributed by atoms with Crippen LogP contribution in [-0.2, 0) is 62.0 Å². The SMILES string of the molecule is O=C1CCNC(=O)[C@@H](NC(=O)CO[C@H]2O[C@H](CO)[C@@H](O)[C@H](O)[C@@H]2O)CNC(=O)[C@@H](NC(=O)CO[C@@H]2O[C@H](CO)[C@H](O)[C@H](O)[C@H]2O)CNC(=O)[C@@H](NC(=O)CO[C@@H]2O[C@H](CO)[C@@H](O)[C@H](O)[C@H]2O)CN1. The zero-order chi connectivity index (χ0) is 50.4. The first-order valence-corrected chi connectivity index (χ1v) is 20.9. The van der Waals surface area contributed by atoms with Gasteiger partial charge in [-0.05, 0) is 0 Å². The fourth-order valence-corrected chi connectivity index (χ4v) is 6.80. The summed E-state index contributed by atoms with van der Waals surface area (Å²) in [6.45, 7) is -8.10. The Kier molecular flexibility index (Phi) is 21.9. The molecular weight excluding hydrogens is 930 g/mol. The molecule has 0 bridgehead atoms. The third kappa shape index (κ3) is 15.3. The summed E-state index contributed by atoms with van der Waals surface area (Å²) in [5.41, 5.74) is 0. The first kappa shape index (κ1) is 56.2. The number of hydrogen-bond acceptors (Lipinski definition) is 25. The Labute approximate surface area is 384 Å². The number of amides is 7. The fraction of sp³-hybridized carbons (Fsp3) is 0.806.